The lowest BCUT2D eigenvalue weighted by atomic mass is 10.1. The maximum absolute atomic E-state index is 13.4. The first-order chi connectivity index (χ1) is 18.4. The van der Waals surface area contributed by atoms with E-state index in [1.54, 1.807) is 38.1 Å². The number of fused-ring (bicyclic) bond motifs is 1. The molecule has 3 rings (SSSR count). The number of nitrogens with zero attached hydrogens (tertiary/aromatic N) is 1. The number of aromatic nitrogens is 1. The van der Waals surface area contributed by atoms with Crippen molar-refractivity contribution < 1.29 is 50.1 Å². The number of hydrogen-bond donors (Lipinski definition) is 0. The molecule has 0 fully saturated rings. The van der Waals surface area contributed by atoms with E-state index in [0.29, 0.717) is 30.9 Å². The van der Waals surface area contributed by atoms with Gasteiger partial charge in [-0.3, -0.25) is 0 Å². The van der Waals surface area contributed by atoms with Gasteiger partial charge in [0.1, 0.15) is 17.2 Å². The number of carbonyl (C=O) groups is 1. The lowest BCUT2D eigenvalue weighted by Gasteiger charge is -2.16. The van der Waals surface area contributed by atoms with Crippen LogP contribution in [0.5, 0.6) is 11.5 Å². The Labute approximate surface area is 220 Å². The molecule has 0 aliphatic rings. The van der Waals surface area contributed by atoms with Crippen molar-refractivity contribution in [2.75, 3.05) is 26.4 Å². The van der Waals surface area contributed by atoms with Crippen LogP contribution < -0.4 is 9.47 Å². The molecule has 3 aromatic rings. The highest BCUT2D eigenvalue weighted by Crippen LogP contribution is 2.39. The molecule has 0 N–H and O–H groups in total. The largest absolute Gasteiger partial charge is 0.493 e. The molecule has 0 aliphatic heterocycles. The van der Waals surface area contributed by atoms with Crippen molar-refractivity contribution in [3.63, 3.8) is 0 Å². The Balaban J connectivity index is 1.61. The predicted molar refractivity (Wildman–Crippen MR) is 130 cm³/mol. The molecule has 39 heavy (non-hydrogen) atoms. The summed E-state index contributed by atoms with van der Waals surface area (Å²) < 4.78 is 102. The average molecular weight is 560 g/mol. The number of rotatable bonds is 12. The Kier molecular flexibility index (Phi) is 10.0. The number of benzene rings is 2. The van der Waals surface area contributed by atoms with E-state index in [4.69, 9.17) is 18.9 Å². The molecule has 1 unspecified atom stereocenters. The van der Waals surface area contributed by atoms with Gasteiger partial charge in [-0.05, 0) is 43.7 Å². The number of halogens is 6. The van der Waals surface area contributed by atoms with E-state index in [1.165, 1.54) is 6.07 Å². The second-order valence-corrected chi connectivity index (χ2v) is 8.30. The summed E-state index contributed by atoms with van der Waals surface area (Å²) in [6.07, 6.45) is -10.0. The van der Waals surface area contributed by atoms with Crippen LogP contribution in [-0.2, 0) is 33.0 Å². The fourth-order valence-electron chi connectivity index (χ4n) is 3.72. The molecular formula is C27H27F6NO5. The first kappa shape index (κ1) is 30.0. The predicted octanol–water partition coefficient (Wildman–Crippen LogP) is 6.63. The van der Waals surface area contributed by atoms with Gasteiger partial charge in [0.2, 0.25) is 0 Å². The number of alkyl halides is 6. The van der Waals surface area contributed by atoms with Gasteiger partial charge >= 0.3 is 18.3 Å². The quantitative estimate of drug-likeness (QED) is 0.141. The van der Waals surface area contributed by atoms with Gasteiger partial charge in [0.15, 0.2) is 6.10 Å². The van der Waals surface area contributed by atoms with Crippen LogP contribution in [0.2, 0.25) is 0 Å². The highest BCUT2D eigenvalue weighted by molar-refractivity contribution is 5.88. The number of ether oxygens (including phenoxy) is 4. The Bertz CT molecular complexity index is 1240. The molecule has 1 heterocycles. The minimum Gasteiger partial charge on any atom is -0.493 e. The fraction of sp³-hybridized carbons (Fsp3) is 0.407. The van der Waals surface area contributed by atoms with Crippen molar-refractivity contribution in [3.8, 4) is 11.5 Å². The second-order valence-electron chi connectivity index (χ2n) is 8.30. The monoisotopic (exact) mass is 559 g/mol. The summed E-state index contributed by atoms with van der Waals surface area (Å²) in [7, 11) is 0. The normalized spacial score (nSPS) is 12.8. The maximum Gasteiger partial charge on any atom is 0.433 e. The molecule has 0 bridgehead atoms. The topological polar surface area (TPSA) is 66.9 Å². The summed E-state index contributed by atoms with van der Waals surface area (Å²) >= 11 is 0. The van der Waals surface area contributed by atoms with E-state index in [1.807, 2.05) is 0 Å². The molecule has 0 radical (unpaired) electrons. The molecule has 0 spiro atoms. The Hall–Kier alpha value is -3.54. The molecule has 0 aliphatic carbocycles. The summed E-state index contributed by atoms with van der Waals surface area (Å²) in [5.74, 6) is -0.293. The summed E-state index contributed by atoms with van der Waals surface area (Å²) in [6.45, 7) is 4.10. The summed E-state index contributed by atoms with van der Waals surface area (Å²) in [4.78, 5) is 15.2. The SMILES string of the molecule is CCOC(=O)C(Cc1ccc(OCCCOc2cc(C(F)(F)F)nc3c(C(F)(F)F)cccc23)cc1)OCC. The van der Waals surface area contributed by atoms with Gasteiger partial charge < -0.3 is 18.9 Å². The molecule has 212 valence electrons. The molecule has 2 aromatic carbocycles. The van der Waals surface area contributed by atoms with Crippen LogP contribution in [0.4, 0.5) is 26.3 Å². The first-order valence-electron chi connectivity index (χ1n) is 12.1. The molecule has 1 atom stereocenters. The minimum atomic E-state index is -4.96. The lowest BCUT2D eigenvalue weighted by Crippen LogP contribution is -2.28. The van der Waals surface area contributed by atoms with E-state index in [2.05, 4.69) is 4.98 Å². The molecule has 0 amide bonds. The Morgan fingerprint density at radius 2 is 1.59 bits per heavy atom. The van der Waals surface area contributed by atoms with Gasteiger partial charge in [0.25, 0.3) is 0 Å². The first-order valence-corrected chi connectivity index (χ1v) is 12.1. The molecule has 12 heteroatoms. The van der Waals surface area contributed by atoms with Crippen LogP contribution in [0.15, 0.2) is 48.5 Å². The van der Waals surface area contributed by atoms with Crippen molar-refractivity contribution in [1.82, 2.24) is 4.98 Å². The Morgan fingerprint density at radius 1 is 0.897 bits per heavy atom. The van der Waals surface area contributed by atoms with Gasteiger partial charge in [-0.15, -0.1) is 0 Å². The van der Waals surface area contributed by atoms with Crippen molar-refractivity contribution in [2.24, 2.45) is 0 Å². The highest BCUT2D eigenvalue weighted by atomic mass is 19.4. The third-order valence-corrected chi connectivity index (χ3v) is 5.47. The number of esters is 1. The molecular weight excluding hydrogens is 532 g/mol. The van der Waals surface area contributed by atoms with E-state index in [0.717, 1.165) is 11.6 Å². The Morgan fingerprint density at radius 3 is 2.21 bits per heavy atom. The van der Waals surface area contributed by atoms with Crippen LogP contribution in [0.25, 0.3) is 10.9 Å². The fourth-order valence-corrected chi connectivity index (χ4v) is 3.72. The van der Waals surface area contributed by atoms with Crippen molar-refractivity contribution >= 4 is 16.9 Å². The minimum absolute atomic E-state index is 0.111. The smallest absolute Gasteiger partial charge is 0.433 e. The summed E-state index contributed by atoms with van der Waals surface area (Å²) in [5, 5.41) is -0.178. The van der Waals surface area contributed by atoms with Crippen LogP contribution in [0.1, 0.15) is 37.1 Å². The lowest BCUT2D eigenvalue weighted by molar-refractivity contribution is -0.156. The van der Waals surface area contributed by atoms with E-state index in [-0.39, 0.29) is 37.4 Å². The third kappa shape index (κ3) is 8.22. The number of hydrogen-bond acceptors (Lipinski definition) is 6. The standard InChI is InChI=1S/C27H27F6NO5/c1-3-36-22(25(35)37-4-2)15-17-9-11-18(12-10-17)38-13-6-14-39-21-16-23(27(31,32)33)34-24-19(21)7-5-8-20(24)26(28,29)30/h5,7-12,16,22H,3-4,6,13-15H2,1-2H3. The molecule has 0 saturated heterocycles. The molecule has 1 aromatic heterocycles. The highest BCUT2D eigenvalue weighted by Gasteiger charge is 2.37. The van der Waals surface area contributed by atoms with Gasteiger partial charge in [0.05, 0.1) is 30.9 Å². The maximum atomic E-state index is 13.4. The zero-order valence-electron chi connectivity index (χ0n) is 21.2. The zero-order chi connectivity index (χ0) is 28.6. The summed E-state index contributed by atoms with van der Waals surface area (Å²) in [5.41, 5.74) is -2.77. The van der Waals surface area contributed by atoms with Crippen LogP contribution in [-0.4, -0.2) is 43.5 Å². The zero-order valence-corrected chi connectivity index (χ0v) is 21.2. The van der Waals surface area contributed by atoms with Gasteiger partial charge in [-0.2, -0.15) is 26.3 Å². The van der Waals surface area contributed by atoms with Crippen molar-refractivity contribution in [2.45, 2.75) is 45.1 Å². The van der Waals surface area contributed by atoms with E-state index in [9.17, 15) is 31.1 Å². The van der Waals surface area contributed by atoms with Crippen LogP contribution in [0, 0.1) is 0 Å². The number of carbonyl (C=O) groups excluding carboxylic acids is 1. The van der Waals surface area contributed by atoms with Crippen molar-refractivity contribution in [1.29, 1.82) is 0 Å². The average Bonchev–Trinajstić information content (AvgIpc) is 2.87. The third-order valence-electron chi connectivity index (χ3n) is 5.47. The second kappa shape index (κ2) is 13.0. The molecule has 6 nitrogen and oxygen atoms in total. The van der Waals surface area contributed by atoms with Crippen molar-refractivity contribution in [3.05, 3.63) is 65.4 Å². The number of para-hydroxylation sites is 1. The summed E-state index contributed by atoms with van der Waals surface area (Å²) in [6, 6.07) is 10.5. The van der Waals surface area contributed by atoms with Crippen LogP contribution >= 0.6 is 0 Å². The van der Waals surface area contributed by atoms with Gasteiger partial charge in [-0.1, -0.05) is 18.2 Å². The molecule has 0 saturated carbocycles. The van der Waals surface area contributed by atoms with Gasteiger partial charge in [-0.25, -0.2) is 9.78 Å². The van der Waals surface area contributed by atoms with E-state index < -0.39 is 41.2 Å². The van der Waals surface area contributed by atoms with Crippen LogP contribution in [0.3, 0.4) is 0 Å². The van der Waals surface area contributed by atoms with E-state index >= 15 is 0 Å². The number of pyridine rings is 1. The van der Waals surface area contributed by atoms with Gasteiger partial charge in [0, 0.05) is 30.9 Å².